The summed E-state index contributed by atoms with van der Waals surface area (Å²) in [5.74, 6) is 1.96. The van der Waals surface area contributed by atoms with Crippen LogP contribution >= 0.6 is 0 Å². The number of anilines is 1. The van der Waals surface area contributed by atoms with E-state index in [0.717, 1.165) is 11.3 Å². The maximum Gasteiger partial charge on any atom is 0.171 e. The van der Waals surface area contributed by atoms with Crippen LogP contribution in [-0.2, 0) is 11.8 Å². The van der Waals surface area contributed by atoms with Gasteiger partial charge in [-0.05, 0) is 12.1 Å². The lowest BCUT2D eigenvalue weighted by atomic mass is 10.1. The van der Waals surface area contributed by atoms with Crippen LogP contribution in [0.5, 0.6) is 11.5 Å². The normalized spacial score (nSPS) is 14.9. The number of hydrogen-bond donors (Lipinski definition) is 1. The van der Waals surface area contributed by atoms with E-state index in [1.165, 1.54) is 0 Å². The molecule has 1 fully saturated rings. The Bertz CT molecular complexity index is 601. The molecule has 1 saturated heterocycles. The third-order valence-corrected chi connectivity index (χ3v) is 3.28. The fourth-order valence-electron chi connectivity index (χ4n) is 2.06. The van der Waals surface area contributed by atoms with Crippen LogP contribution in [0.4, 0.5) is 5.82 Å². The molecule has 0 saturated carbocycles. The fraction of sp³-hybridized carbons (Fsp3) is 0.357. The summed E-state index contributed by atoms with van der Waals surface area (Å²) < 4.78 is 18.1. The summed E-state index contributed by atoms with van der Waals surface area (Å²) in [5.41, 5.74) is 7.47. The maximum absolute atomic E-state index is 5.97. The third-order valence-electron chi connectivity index (χ3n) is 3.28. The average Bonchev–Trinajstić information content (AvgIpc) is 2.73. The molecule has 2 heterocycles. The zero-order valence-corrected chi connectivity index (χ0v) is 11.5. The largest absolute Gasteiger partial charge is 0.493 e. The molecule has 106 valence electrons. The Kier molecular flexibility index (Phi) is 3.23. The van der Waals surface area contributed by atoms with E-state index in [-0.39, 0.29) is 6.10 Å². The van der Waals surface area contributed by atoms with Gasteiger partial charge in [0.05, 0.1) is 26.0 Å². The van der Waals surface area contributed by atoms with Crippen LogP contribution in [0.15, 0.2) is 24.3 Å². The summed E-state index contributed by atoms with van der Waals surface area (Å²) in [7, 11) is 3.43. The minimum absolute atomic E-state index is 0.0612. The summed E-state index contributed by atoms with van der Waals surface area (Å²) >= 11 is 0. The van der Waals surface area contributed by atoms with Crippen molar-refractivity contribution in [3.63, 3.8) is 0 Å². The molecular weight excluding hydrogens is 258 g/mol. The van der Waals surface area contributed by atoms with Gasteiger partial charge in [-0.2, -0.15) is 5.10 Å². The topological polar surface area (TPSA) is 71.5 Å². The second kappa shape index (κ2) is 5.05. The second-order valence-electron chi connectivity index (χ2n) is 4.69. The van der Waals surface area contributed by atoms with Crippen LogP contribution in [0, 0.1) is 0 Å². The first kappa shape index (κ1) is 12.8. The maximum atomic E-state index is 5.97. The predicted octanol–water partition coefficient (Wildman–Crippen LogP) is 1.46. The van der Waals surface area contributed by atoms with Crippen molar-refractivity contribution in [1.82, 2.24) is 9.78 Å². The SMILES string of the molecule is COc1cccc(-c2cc(N)n(C)n2)c1OC1COC1. The van der Waals surface area contributed by atoms with Gasteiger partial charge in [-0.3, -0.25) is 4.68 Å². The minimum atomic E-state index is 0.0612. The number of benzene rings is 1. The van der Waals surface area contributed by atoms with Crippen molar-refractivity contribution in [2.24, 2.45) is 7.05 Å². The van der Waals surface area contributed by atoms with Crippen molar-refractivity contribution < 1.29 is 14.2 Å². The molecule has 1 aromatic heterocycles. The molecule has 3 rings (SSSR count). The molecule has 0 radical (unpaired) electrons. The van der Waals surface area contributed by atoms with Crippen LogP contribution in [0.2, 0.25) is 0 Å². The highest BCUT2D eigenvalue weighted by Crippen LogP contribution is 2.39. The van der Waals surface area contributed by atoms with Crippen LogP contribution < -0.4 is 15.2 Å². The average molecular weight is 275 g/mol. The molecule has 0 atom stereocenters. The Hall–Kier alpha value is -2.21. The highest BCUT2D eigenvalue weighted by atomic mass is 16.6. The summed E-state index contributed by atoms with van der Waals surface area (Å²) in [6, 6.07) is 7.53. The van der Waals surface area contributed by atoms with E-state index in [0.29, 0.717) is 30.5 Å². The molecule has 0 unspecified atom stereocenters. The standard InChI is InChI=1S/C14H17N3O3/c1-17-13(15)6-11(16-17)10-4-3-5-12(18-2)14(10)20-9-7-19-8-9/h3-6,9H,7-8,15H2,1-2H3. The van der Waals surface area contributed by atoms with Crippen LogP contribution in [-0.4, -0.2) is 36.2 Å². The Morgan fingerprint density at radius 2 is 2.20 bits per heavy atom. The van der Waals surface area contributed by atoms with Gasteiger partial charge in [0.2, 0.25) is 0 Å². The van der Waals surface area contributed by atoms with Gasteiger partial charge >= 0.3 is 0 Å². The Morgan fingerprint density at radius 1 is 1.40 bits per heavy atom. The molecule has 0 bridgehead atoms. The molecule has 2 aromatic rings. The molecule has 1 aliphatic rings. The van der Waals surface area contributed by atoms with Crippen LogP contribution in [0.3, 0.4) is 0 Å². The number of aryl methyl sites for hydroxylation is 1. The van der Waals surface area contributed by atoms with Gasteiger partial charge in [0.15, 0.2) is 11.5 Å². The zero-order chi connectivity index (χ0) is 14.1. The van der Waals surface area contributed by atoms with Crippen LogP contribution in [0.25, 0.3) is 11.3 Å². The van der Waals surface area contributed by atoms with Gasteiger partial charge in [0, 0.05) is 18.7 Å². The van der Waals surface area contributed by atoms with E-state index >= 15 is 0 Å². The molecule has 0 spiro atoms. The number of ether oxygens (including phenoxy) is 3. The quantitative estimate of drug-likeness (QED) is 0.914. The number of nitrogens with two attached hydrogens (primary N) is 1. The summed E-state index contributed by atoms with van der Waals surface area (Å²) in [5, 5.41) is 4.39. The van der Waals surface area contributed by atoms with Gasteiger partial charge in [0.1, 0.15) is 11.9 Å². The van der Waals surface area contributed by atoms with Crippen molar-refractivity contribution in [3.8, 4) is 22.8 Å². The molecule has 0 aliphatic carbocycles. The number of hydrogen-bond acceptors (Lipinski definition) is 5. The van der Waals surface area contributed by atoms with Gasteiger partial charge in [-0.1, -0.05) is 6.07 Å². The highest BCUT2D eigenvalue weighted by Gasteiger charge is 2.24. The van der Waals surface area contributed by atoms with E-state index in [2.05, 4.69) is 5.10 Å². The molecular formula is C14H17N3O3. The molecule has 1 aromatic carbocycles. The molecule has 2 N–H and O–H groups in total. The number of nitrogen functional groups attached to an aromatic ring is 1. The Labute approximate surface area is 117 Å². The summed E-state index contributed by atoms with van der Waals surface area (Å²) in [4.78, 5) is 0. The highest BCUT2D eigenvalue weighted by molar-refractivity contribution is 5.72. The first-order valence-electron chi connectivity index (χ1n) is 6.40. The van der Waals surface area contributed by atoms with E-state index in [1.807, 2.05) is 24.3 Å². The molecule has 20 heavy (non-hydrogen) atoms. The van der Waals surface area contributed by atoms with Gasteiger partial charge < -0.3 is 19.9 Å². The van der Waals surface area contributed by atoms with Gasteiger partial charge in [-0.25, -0.2) is 0 Å². The number of aromatic nitrogens is 2. The predicted molar refractivity (Wildman–Crippen MR) is 74.8 cm³/mol. The monoisotopic (exact) mass is 275 g/mol. The minimum Gasteiger partial charge on any atom is -0.493 e. The lowest BCUT2D eigenvalue weighted by molar-refractivity contribution is -0.0801. The van der Waals surface area contributed by atoms with Gasteiger partial charge in [0.25, 0.3) is 0 Å². The lowest BCUT2D eigenvalue weighted by Crippen LogP contribution is -2.38. The molecule has 6 heteroatoms. The number of para-hydroxylation sites is 1. The molecule has 6 nitrogen and oxygen atoms in total. The van der Waals surface area contributed by atoms with Crippen molar-refractivity contribution in [2.45, 2.75) is 6.10 Å². The lowest BCUT2D eigenvalue weighted by Gasteiger charge is -2.28. The Morgan fingerprint density at radius 3 is 2.75 bits per heavy atom. The summed E-state index contributed by atoms with van der Waals surface area (Å²) in [6.45, 7) is 1.20. The Balaban J connectivity index is 2.03. The van der Waals surface area contributed by atoms with E-state index in [1.54, 1.807) is 18.8 Å². The smallest absolute Gasteiger partial charge is 0.171 e. The zero-order valence-electron chi connectivity index (χ0n) is 11.5. The number of methoxy groups -OCH3 is 1. The number of rotatable bonds is 4. The van der Waals surface area contributed by atoms with Crippen molar-refractivity contribution in [3.05, 3.63) is 24.3 Å². The second-order valence-corrected chi connectivity index (χ2v) is 4.69. The van der Waals surface area contributed by atoms with E-state index < -0.39 is 0 Å². The van der Waals surface area contributed by atoms with E-state index in [4.69, 9.17) is 19.9 Å². The van der Waals surface area contributed by atoms with Gasteiger partial charge in [-0.15, -0.1) is 0 Å². The van der Waals surface area contributed by atoms with Crippen molar-refractivity contribution in [1.29, 1.82) is 0 Å². The molecule has 0 amide bonds. The first-order valence-corrected chi connectivity index (χ1v) is 6.40. The third kappa shape index (κ3) is 2.18. The molecule has 1 aliphatic heterocycles. The van der Waals surface area contributed by atoms with Crippen molar-refractivity contribution >= 4 is 5.82 Å². The van der Waals surface area contributed by atoms with Crippen LogP contribution in [0.1, 0.15) is 0 Å². The summed E-state index contributed by atoms with van der Waals surface area (Å²) in [6.07, 6.45) is 0.0612. The number of nitrogens with zero attached hydrogens (tertiary/aromatic N) is 2. The van der Waals surface area contributed by atoms with E-state index in [9.17, 15) is 0 Å². The first-order chi connectivity index (χ1) is 9.69. The fourth-order valence-corrected chi connectivity index (χ4v) is 2.06. The van der Waals surface area contributed by atoms with Crippen molar-refractivity contribution in [2.75, 3.05) is 26.1 Å².